The summed E-state index contributed by atoms with van der Waals surface area (Å²) in [6.45, 7) is 0.942. The van der Waals surface area contributed by atoms with Gasteiger partial charge in [0.05, 0.1) is 40.3 Å². The Morgan fingerprint density at radius 2 is 1.55 bits per heavy atom. The number of quaternary nitrogens is 1. The maximum absolute atomic E-state index is 13.1. The van der Waals surface area contributed by atoms with Crippen molar-refractivity contribution < 1.29 is 38.3 Å². The number of hydrogen-bond donors (Lipinski definition) is 1. The topological polar surface area (TPSA) is 42.4 Å². The SMILES string of the molecule is COc1nc2ccc(Br)cc2cc1C(c1ccccc1)C(O)(CCC[N+](C)(C)C)c1ccc2ccccc2c1.[I-]. The Bertz CT molecular complexity index is 1600. The summed E-state index contributed by atoms with van der Waals surface area (Å²) < 4.78 is 7.72. The van der Waals surface area contributed by atoms with Gasteiger partial charge < -0.3 is 38.3 Å². The van der Waals surface area contributed by atoms with Crippen LogP contribution >= 0.6 is 15.9 Å². The van der Waals surface area contributed by atoms with Crippen molar-refractivity contribution >= 4 is 37.6 Å². The zero-order valence-corrected chi connectivity index (χ0v) is 27.2. The summed E-state index contributed by atoms with van der Waals surface area (Å²) >= 11 is 3.62. The molecule has 5 aromatic rings. The molecule has 0 fully saturated rings. The highest BCUT2D eigenvalue weighted by molar-refractivity contribution is 9.10. The van der Waals surface area contributed by atoms with Crippen LogP contribution < -0.4 is 28.7 Å². The average molecular weight is 711 g/mol. The highest BCUT2D eigenvalue weighted by Crippen LogP contribution is 2.48. The Morgan fingerprint density at radius 1 is 0.850 bits per heavy atom. The third-order valence-electron chi connectivity index (χ3n) is 7.52. The predicted octanol–water partition coefficient (Wildman–Crippen LogP) is 4.67. The first-order valence-electron chi connectivity index (χ1n) is 13.4. The van der Waals surface area contributed by atoms with E-state index in [1.807, 2.05) is 42.5 Å². The first kappa shape index (κ1) is 30.4. The van der Waals surface area contributed by atoms with E-state index in [1.54, 1.807) is 7.11 Å². The lowest BCUT2D eigenvalue weighted by molar-refractivity contribution is -0.870. The highest BCUT2D eigenvalue weighted by atomic mass is 127. The van der Waals surface area contributed by atoms with E-state index in [0.29, 0.717) is 12.3 Å². The first-order valence-corrected chi connectivity index (χ1v) is 14.2. The third kappa shape index (κ3) is 6.51. The molecule has 0 aliphatic heterocycles. The van der Waals surface area contributed by atoms with Crippen LogP contribution in [0.2, 0.25) is 0 Å². The van der Waals surface area contributed by atoms with E-state index in [2.05, 4.69) is 91.7 Å². The first-order chi connectivity index (χ1) is 18.7. The Balaban J connectivity index is 0.00000370. The number of benzene rings is 4. The number of rotatable bonds is 9. The van der Waals surface area contributed by atoms with Crippen LogP contribution in [0.15, 0.2) is 102 Å². The molecule has 2 atom stereocenters. The number of nitrogens with zero attached hydrogens (tertiary/aromatic N) is 2. The number of hydrogen-bond acceptors (Lipinski definition) is 3. The smallest absolute Gasteiger partial charge is 0.217 e. The van der Waals surface area contributed by atoms with E-state index in [1.165, 1.54) is 0 Å². The molecular weight excluding hydrogens is 675 g/mol. The summed E-state index contributed by atoms with van der Waals surface area (Å²) in [5.41, 5.74) is 2.43. The second-order valence-electron chi connectivity index (χ2n) is 11.4. The van der Waals surface area contributed by atoms with Gasteiger partial charge in [0.15, 0.2) is 0 Å². The molecule has 0 saturated carbocycles. The lowest BCUT2D eigenvalue weighted by atomic mass is 9.71. The van der Waals surface area contributed by atoms with Gasteiger partial charge in [-0.05, 0) is 65.1 Å². The Labute approximate surface area is 262 Å². The Kier molecular flexibility index (Phi) is 9.55. The molecule has 0 saturated heterocycles. The number of aromatic nitrogens is 1. The summed E-state index contributed by atoms with van der Waals surface area (Å²) in [4.78, 5) is 4.90. The molecule has 0 aliphatic rings. The van der Waals surface area contributed by atoms with E-state index in [-0.39, 0.29) is 24.0 Å². The molecule has 4 aromatic carbocycles. The molecule has 0 amide bonds. The minimum atomic E-state index is -1.21. The predicted molar refractivity (Wildman–Crippen MR) is 164 cm³/mol. The highest BCUT2D eigenvalue weighted by Gasteiger charge is 2.42. The molecule has 0 bridgehead atoms. The van der Waals surface area contributed by atoms with Gasteiger partial charge in [0.2, 0.25) is 5.88 Å². The fraction of sp³-hybridized carbons (Fsp3) is 0.265. The van der Waals surface area contributed by atoms with Crippen molar-refractivity contribution in [2.75, 3.05) is 34.8 Å². The maximum Gasteiger partial charge on any atom is 0.217 e. The van der Waals surface area contributed by atoms with Gasteiger partial charge in [0, 0.05) is 21.3 Å². The number of halogens is 2. The molecule has 0 aliphatic carbocycles. The molecule has 2 unspecified atom stereocenters. The van der Waals surface area contributed by atoms with Crippen LogP contribution in [0.5, 0.6) is 5.88 Å². The van der Waals surface area contributed by atoms with Crippen molar-refractivity contribution in [2.45, 2.75) is 24.4 Å². The van der Waals surface area contributed by atoms with Gasteiger partial charge in [0.1, 0.15) is 5.60 Å². The summed E-state index contributed by atoms with van der Waals surface area (Å²) in [6.07, 6.45) is 1.44. The summed E-state index contributed by atoms with van der Waals surface area (Å²) in [5, 5.41) is 16.3. The molecule has 4 nitrogen and oxygen atoms in total. The lowest BCUT2D eigenvalue weighted by Gasteiger charge is -2.39. The Morgan fingerprint density at radius 3 is 2.25 bits per heavy atom. The molecular formula is C34H36BrIN2O2. The average Bonchev–Trinajstić information content (AvgIpc) is 2.92. The molecule has 208 valence electrons. The van der Waals surface area contributed by atoms with Crippen LogP contribution in [0, 0.1) is 0 Å². The molecule has 1 N–H and O–H groups in total. The summed E-state index contributed by atoms with van der Waals surface area (Å²) in [7, 11) is 8.23. The van der Waals surface area contributed by atoms with Crippen LogP contribution in [-0.4, -0.2) is 49.4 Å². The standard InChI is InChI=1S/C34H36BrN2O2.HI/c1-37(2,3)20-10-19-34(38,28-16-15-24-11-8-9-14-26(24)21-28)32(25-12-6-5-7-13-25)30-23-27-22-29(35)17-18-31(27)36-33(30)39-4;/h5-9,11-18,21-23,32,38H,10,19-20H2,1-4H3;1H/q+1;/p-1. The van der Waals surface area contributed by atoms with Gasteiger partial charge in [-0.1, -0.05) is 82.7 Å². The van der Waals surface area contributed by atoms with Gasteiger partial charge >= 0.3 is 0 Å². The van der Waals surface area contributed by atoms with Crippen molar-refractivity contribution in [1.29, 1.82) is 0 Å². The van der Waals surface area contributed by atoms with Crippen LogP contribution in [0.4, 0.5) is 0 Å². The molecule has 6 heteroatoms. The zero-order valence-electron chi connectivity index (χ0n) is 23.4. The van der Waals surface area contributed by atoms with Gasteiger partial charge in [-0.3, -0.25) is 0 Å². The number of methoxy groups -OCH3 is 1. The number of aliphatic hydroxyl groups is 1. The van der Waals surface area contributed by atoms with Crippen LogP contribution in [0.3, 0.4) is 0 Å². The molecule has 40 heavy (non-hydrogen) atoms. The quantitative estimate of drug-likeness (QED) is 0.179. The molecule has 1 aromatic heterocycles. The number of ether oxygens (including phenoxy) is 1. The minimum absolute atomic E-state index is 0. The fourth-order valence-electron chi connectivity index (χ4n) is 5.61. The zero-order chi connectivity index (χ0) is 27.6. The van der Waals surface area contributed by atoms with Crippen LogP contribution in [0.1, 0.15) is 35.4 Å². The van der Waals surface area contributed by atoms with E-state index in [4.69, 9.17) is 9.72 Å². The minimum Gasteiger partial charge on any atom is -1.00 e. The van der Waals surface area contributed by atoms with Crippen molar-refractivity contribution in [1.82, 2.24) is 4.98 Å². The second kappa shape index (κ2) is 12.6. The van der Waals surface area contributed by atoms with E-state index < -0.39 is 11.5 Å². The van der Waals surface area contributed by atoms with E-state index in [0.717, 1.165) is 60.3 Å². The van der Waals surface area contributed by atoms with Crippen LogP contribution in [0.25, 0.3) is 21.7 Å². The molecule has 5 rings (SSSR count). The molecule has 0 spiro atoms. The van der Waals surface area contributed by atoms with Crippen molar-refractivity contribution in [2.24, 2.45) is 0 Å². The largest absolute Gasteiger partial charge is 1.00 e. The van der Waals surface area contributed by atoms with E-state index >= 15 is 0 Å². The van der Waals surface area contributed by atoms with Crippen molar-refractivity contribution in [3.8, 4) is 5.88 Å². The Hall–Kier alpha value is -2.52. The van der Waals surface area contributed by atoms with E-state index in [9.17, 15) is 5.11 Å². The van der Waals surface area contributed by atoms with Gasteiger partial charge in [-0.15, -0.1) is 0 Å². The summed E-state index contributed by atoms with van der Waals surface area (Å²) in [6, 6.07) is 33.1. The van der Waals surface area contributed by atoms with Crippen molar-refractivity contribution in [3.63, 3.8) is 0 Å². The van der Waals surface area contributed by atoms with Crippen LogP contribution in [-0.2, 0) is 5.60 Å². The third-order valence-corrected chi connectivity index (χ3v) is 8.01. The fourth-order valence-corrected chi connectivity index (χ4v) is 5.99. The number of fused-ring (bicyclic) bond motifs is 2. The van der Waals surface area contributed by atoms with Gasteiger partial charge in [-0.25, -0.2) is 4.98 Å². The number of pyridine rings is 1. The van der Waals surface area contributed by atoms with Gasteiger partial charge in [0.25, 0.3) is 0 Å². The second-order valence-corrected chi connectivity index (χ2v) is 12.3. The maximum atomic E-state index is 13.1. The van der Waals surface area contributed by atoms with Gasteiger partial charge in [-0.2, -0.15) is 0 Å². The lowest BCUT2D eigenvalue weighted by Crippen LogP contribution is -3.00. The monoisotopic (exact) mass is 710 g/mol. The summed E-state index contributed by atoms with van der Waals surface area (Å²) in [5.74, 6) is 0.127. The van der Waals surface area contributed by atoms with Crippen molar-refractivity contribution in [3.05, 3.63) is 118 Å². The normalized spacial score (nSPS) is 13.9. The molecule has 1 heterocycles. The molecule has 0 radical (unpaired) electrons.